The van der Waals surface area contributed by atoms with Gasteiger partial charge in [0.25, 0.3) is 0 Å². The lowest BCUT2D eigenvalue weighted by atomic mass is 10.1. The fraction of sp³-hybridized carbons (Fsp3) is 0.650. The average Bonchev–Trinajstić information content (AvgIpc) is 3.22. The molecule has 2 rings (SSSR count). The first-order valence-corrected chi connectivity index (χ1v) is 11.9. The maximum absolute atomic E-state index is 11.7. The predicted octanol–water partition coefficient (Wildman–Crippen LogP) is 2.44. The largest absolute Gasteiger partial charge is 0.497 e. The number of methoxy groups -OCH3 is 1. The molecule has 1 aliphatic heterocycles. The van der Waals surface area contributed by atoms with E-state index >= 15 is 0 Å². The van der Waals surface area contributed by atoms with E-state index in [-0.39, 0.29) is 41.5 Å². The van der Waals surface area contributed by atoms with Gasteiger partial charge in [-0.25, -0.2) is 8.42 Å². The summed E-state index contributed by atoms with van der Waals surface area (Å²) in [5.74, 6) is 1.77. The van der Waals surface area contributed by atoms with Crippen molar-refractivity contribution in [2.45, 2.75) is 32.7 Å². The van der Waals surface area contributed by atoms with Crippen molar-refractivity contribution in [3.8, 4) is 5.75 Å². The molecular weight excluding hydrogens is 503 g/mol. The number of hydrogen-bond acceptors (Lipinski definition) is 5. The highest BCUT2D eigenvalue weighted by molar-refractivity contribution is 14.0. The van der Waals surface area contributed by atoms with Crippen molar-refractivity contribution < 1.29 is 13.2 Å². The van der Waals surface area contributed by atoms with Gasteiger partial charge in [-0.1, -0.05) is 19.1 Å². The van der Waals surface area contributed by atoms with Crippen molar-refractivity contribution in [2.75, 3.05) is 51.3 Å². The second kappa shape index (κ2) is 13.3. The average molecular weight is 538 g/mol. The first-order chi connectivity index (χ1) is 13.5. The Morgan fingerprint density at radius 2 is 1.97 bits per heavy atom. The highest BCUT2D eigenvalue weighted by atomic mass is 127. The highest BCUT2D eigenvalue weighted by Crippen LogP contribution is 2.27. The van der Waals surface area contributed by atoms with Gasteiger partial charge in [-0.15, -0.1) is 24.0 Å². The standard InChI is InChI=1S/C20H34N4O3S.HI/c1-4-21-20(22-11-14-28(25,26)5-2)23-16-19(24-12-6-7-13-24)17-9-8-10-18(15-17)27-3;/h8-10,15,19H,4-7,11-14,16H2,1-3H3,(H2,21,22,23);1H. The topological polar surface area (TPSA) is 83.0 Å². The van der Waals surface area contributed by atoms with E-state index in [0.717, 1.165) is 25.4 Å². The fourth-order valence-electron chi connectivity index (χ4n) is 3.32. The number of hydrogen-bond donors (Lipinski definition) is 2. The van der Waals surface area contributed by atoms with Crippen LogP contribution in [0.25, 0.3) is 0 Å². The number of guanidine groups is 1. The number of ether oxygens (including phenoxy) is 1. The number of nitrogens with one attached hydrogen (secondary N) is 2. The molecule has 1 aromatic carbocycles. The molecule has 0 aliphatic carbocycles. The van der Waals surface area contributed by atoms with E-state index in [1.54, 1.807) is 14.0 Å². The lowest BCUT2D eigenvalue weighted by Gasteiger charge is -2.27. The normalized spacial score (nSPS) is 16.2. The molecule has 2 N–H and O–H groups in total. The van der Waals surface area contributed by atoms with E-state index in [2.05, 4.69) is 27.7 Å². The zero-order chi connectivity index (χ0) is 20.4. The van der Waals surface area contributed by atoms with Crippen LogP contribution in [0.1, 0.15) is 38.3 Å². The number of aliphatic imine (C=N–C) groups is 1. The SMILES string of the molecule is CCNC(=NCC(c1cccc(OC)c1)N1CCCC1)NCCS(=O)(=O)CC.I. The molecule has 1 atom stereocenters. The van der Waals surface area contributed by atoms with Gasteiger partial charge in [0, 0.05) is 18.8 Å². The van der Waals surface area contributed by atoms with E-state index in [1.165, 1.54) is 18.4 Å². The van der Waals surface area contributed by atoms with Gasteiger partial charge in [0.15, 0.2) is 15.8 Å². The Hall–Kier alpha value is -1.07. The number of nitrogens with zero attached hydrogens (tertiary/aromatic N) is 2. The van der Waals surface area contributed by atoms with Crippen molar-refractivity contribution in [2.24, 2.45) is 4.99 Å². The van der Waals surface area contributed by atoms with E-state index in [0.29, 0.717) is 19.0 Å². The number of rotatable bonds is 10. The molecule has 7 nitrogen and oxygen atoms in total. The smallest absolute Gasteiger partial charge is 0.191 e. The number of likely N-dealkylation sites (tertiary alicyclic amines) is 1. The van der Waals surface area contributed by atoms with Crippen LogP contribution in [-0.2, 0) is 9.84 Å². The summed E-state index contributed by atoms with van der Waals surface area (Å²) in [7, 11) is -1.31. The van der Waals surface area contributed by atoms with Crippen LogP contribution in [0.2, 0.25) is 0 Å². The Bertz CT molecular complexity index is 737. The molecule has 9 heteroatoms. The molecule has 1 aliphatic rings. The number of halogens is 1. The fourth-order valence-corrected chi connectivity index (χ4v) is 4.02. The third-order valence-electron chi connectivity index (χ3n) is 4.97. The van der Waals surface area contributed by atoms with Gasteiger partial charge in [-0.2, -0.15) is 0 Å². The predicted molar refractivity (Wildman–Crippen MR) is 130 cm³/mol. The summed E-state index contributed by atoms with van der Waals surface area (Å²) in [4.78, 5) is 7.21. The minimum atomic E-state index is -2.99. The summed E-state index contributed by atoms with van der Waals surface area (Å²) in [5.41, 5.74) is 1.19. The lowest BCUT2D eigenvalue weighted by Crippen LogP contribution is -2.40. The third-order valence-corrected chi connectivity index (χ3v) is 6.68. The zero-order valence-corrected chi connectivity index (χ0v) is 20.8. The molecule has 0 spiro atoms. The molecule has 0 aromatic heterocycles. The summed E-state index contributed by atoms with van der Waals surface area (Å²) in [5, 5.41) is 6.36. The second-order valence-corrected chi connectivity index (χ2v) is 9.39. The van der Waals surface area contributed by atoms with Crippen molar-refractivity contribution in [1.82, 2.24) is 15.5 Å². The summed E-state index contributed by atoms with van der Waals surface area (Å²) >= 11 is 0. The molecule has 166 valence electrons. The third kappa shape index (κ3) is 8.67. The van der Waals surface area contributed by atoms with Crippen LogP contribution in [0.3, 0.4) is 0 Å². The molecule has 1 heterocycles. The minimum absolute atomic E-state index is 0. The first-order valence-electron chi connectivity index (χ1n) is 10.1. The van der Waals surface area contributed by atoms with Crippen LogP contribution in [0.15, 0.2) is 29.3 Å². The summed E-state index contributed by atoms with van der Waals surface area (Å²) in [6.45, 7) is 7.48. The van der Waals surface area contributed by atoms with Gasteiger partial charge in [0.2, 0.25) is 0 Å². The van der Waals surface area contributed by atoms with E-state index in [4.69, 9.17) is 9.73 Å². The summed E-state index contributed by atoms with van der Waals surface area (Å²) < 4.78 is 28.8. The van der Waals surface area contributed by atoms with Crippen molar-refractivity contribution >= 4 is 39.8 Å². The van der Waals surface area contributed by atoms with E-state index in [9.17, 15) is 8.42 Å². The van der Waals surface area contributed by atoms with Crippen LogP contribution in [0, 0.1) is 0 Å². The molecule has 1 unspecified atom stereocenters. The lowest BCUT2D eigenvalue weighted by molar-refractivity contribution is 0.251. The van der Waals surface area contributed by atoms with Gasteiger partial charge in [-0.05, 0) is 50.6 Å². The maximum Gasteiger partial charge on any atom is 0.191 e. The van der Waals surface area contributed by atoms with Crippen molar-refractivity contribution in [1.29, 1.82) is 0 Å². The van der Waals surface area contributed by atoms with Gasteiger partial charge in [0.05, 0.1) is 25.4 Å². The van der Waals surface area contributed by atoms with Crippen LogP contribution in [-0.4, -0.2) is 70.6 Å². The molecule has 1 fully saturated rings. The molecule has 0 saturated carbocycles. The molecule has 29 heavy (non-hydrogen) atoms. The van der Waals surface area contributed by atoms with Crippen LogP contribution in [0.5, 0.6) is 5.75 Å². The number of sulfone groups is 1. The molecule has 0 amide bonds. The molecular formula is C20H35IN4O3S. The Kier molecular flexibility index (Phi) is 11.9. The Labute approximate surface area is 192 Å². The minimum Gasteiger partial charge on any atom is -0.497 e. The van der Waals surface area contributed by atoms with Gasteiger partial charge in [-0.3, -0.25) is 9.89 Å². The maximum atomic E-state index is 11.7. The van der Waals surface area contributed by atoms with Gasteiger partial charge >= 0.3 is 0 Å². The molecule has 1 saturated heterocycles. The highest BCUT2D eigenvalue weighted by Gasteiger charge is 2.23. The quantitative estimate of drug-likeness (QED) is 0.271. The second-order valence-electron chi connectivity index (χ2n) is 6.92. The molecule has 0 radical (unpaired) electrons. The van der Waals surface area contributed by atoms with Crippen LogP contribution < -0.4 is 15.4 Å². The van der Waals surface area contributed by atoms with Gasteiger partial charge < -0.3 is 15.4 Å². The summed E-state index contributed by atoms with van der Waals surface area (Å²) in [6, 6.07) is 8.34. The van der Waals surface area contributed by atoms with Gasteiger partial charge in [0.1, 0.15) is 5.75 Å². The van der Waals surface area contributed by atoms with E-state index in [1.807, 2.05) is 19.1 Å². The van der Waals surface area contributed by atoms with E-state index < -0.39 is 9.84 Å². The Morgan fingerprint density at radius 3 is 2.59 bits per heavy atom. The molecule has 1 aromatic rings. The van der Waals surface area contributed by atoms with Crippen molar-refractivity contribution in [3.05, 3.63) is 29.8 Å². The zero-order valence-electron chi connectivity index (χ0n) is 17.7. The monoisotopic (exact) mass is 538 g/mol. The van der Waals surface area contributed by atoms with Crippen LogP contribution >= 0.6 is 24.0 Å². The number of benzene rings is 1. The molecule has 0 bridgehead atoms. The summed E-state index contributed by atoms with van der Waals surface area (Å²) in [6.07, 6.45) is 2.41. The first kappa shape index (κ1) is 26.0. The van der Waals surface area contributed by atoms with Crippen LogP contribution in [0.4, 0.5) is 0 Å². The Balaban J connectivity index is 0.00000420. The Morgan fingerprint density at radius 1 is 1.24 bits per heavy atom. The van der Waals surface area contributed by atoms with Crippen molar-refractivity contribution in [3.63, 3.8) is 0 Å².